The molecule has 1 atom stereocenters. The number of likely N-dealkylation sites (tertiary alicyclic amines) is 1. The molecule has 1 unspecified atom stereocenters. The van der Waals surface area contributed by atoms with E-state index in [1.54, 1.807) is 11.3 Å². The zero-order chi connectivity index (χ0) is 10.7. The molecule has 3 nitrogen and oxygen atoms in total. The van der Waals surface area contributed by atoms with Crippen molar-refractivity contribution in [2.75, 3.05) is 20.1 Å². The van der Waals surface area contributed by atoms with Gasteiger partial charge < -0.3 is 10.2 Å². The first kappa shape index (κ1) is 10.6. The summed E-state index contributed by atoms with van der Waals surface area (Å²) in [6.07, 6.45) is 1.64. The summed E-state index contributed by atoms with van der Waals surface area (Å²) in [6, 6.07) is 4.50. The fourth-order valence-corrected chi connectivity index (χ4v) is 2.59. The molecule has 2 rings (SSSR count). The van der Waals surface area contributed by atoms with Gasteiger partial charge in [0.15, 0.2) is 0 Å². The number of carbonyl (C=O) groups excluding carboxylic acids is 1. The highest BCUT2D eigenvalue weighted by atomic mass is 32.1. The Hall–Kier alpha value is -0.870. The molecule has 0 spiro atoms. The van der Waals surface area contributed by atoms with Gasteiger partial charge in [0.1, 0.15) is 0 Å². The molecule has 1 fully saturated rings. The Balaban J connectivity index is 1.87. The quantitative estimate of drug-likeness (QED) is 0.834. The Labute approximate surface area is 94.1 Å². The molecule has 0 aromatic carbocycles. The number of carbonyl (C=O) groups is 1. The summed E-state index contributed by atoms with van der Waals surface area (Å²) in [5, 5.41) is 5.23. The van der Waals surface area contributed by atoms with Gasteiger partial charge in [-0.3, -0.25) is 4.79 Å². The third-order valence-electron chi connectivity index (χ3n) is 2.85. The van der Waals surface area contributed by atoms with Crippen LogP contribution in [0.1, 0.15) is 11.3 Å². The van der Waals surface area contributed by atoms with E-state index in [9.17, 15) is 4.79 Å². The van der Waals surface area contributed by atoms with Gasteiger partial charge in [0, 0.05) is 24.0 Å². The highest BCUT2D eigenvalue weighted by Crippen LogP contribution is 2.14. The van der Waals surface area contributed by atoms with Gasteiger partial charge in [-0.1, -0.05) is 6.07 Å². The largest absolute Gasteiger partial charge is 0.341 e. The first-order valence-electron chi connectivity index (χ1n) is 5.27. The van der Waals surface area contributed by atoms with Crippen LogP contribution >= 0.6 is 11.3 Å². The summed E-state index contributed by atoms with van der Waals surface area (Å²) in [6.45, 7) is 1.76. The number of nitrogens with zero attached hydrogens (tertiary/aromatic N) is 1. The Kier molecular flexibility index (Phi) is 3.38. The third-order valence-corrected chi connectivity index (χ3v) is 3.73. The van der Waals surface area contributed by atoms with Crippen molar-refractivity contribution in [3.05, 3.63) is 22.4 Å². The average Bonchev–Trinajstić information content (AvgIpc) is 2.86. The van der Waals surface area contributed by atoms with Gasteiger partial charge in [0.05, 0.1) is 6.42 Å². The third kappa shape index (κ3) is 2.58. The molecular formula is C11H16N2OS. The summed E-state index contributed by atoms with van der Waals surface area (Å²) in [5.41, 5.74) is 0. The summed E-state index contributed by atoms with van der Waals surface area (Å²) in [5.74, 6) is 0.259. The van der Waals surface area contributed by atoms with Crippen LogP contribution < -0.4 is 5.32 Å². The molecule has 1 saturated heterocycles. The number of rotatable bonds is 3. The van der Waals surface area contributed by atoms with E-state index in [0.29, 0.717) is 12.5 Å². The molecule has 1 N–H and O–H groups in total. The van der Waals surface area contributed by atoms with Gasteiger partial charge in [-0.05, 0) is 24.9 Å². The van der Waals surface area contributed by atoms with Crippen LogP contribution in [0, 0.1) is 0 Å². The van der Waals surface area contributed by atoms with Crippen molar-refractivity contribution in [2.24, 2.45) is 0 Å². The zero-order valence-corrected chi connectivity index (χ0v) is 9.72. The minimum atomic E-state index is 0.259. The molecule has 0 aliphatic carbocycles. The van der Waals surface area contributed by atoms with E-state index in [1.165, 1.54) is 0 Å². The molecule has 1 aromatic rings. The number of amides is 1. The molecule has 1 aliphatic heterocycles. The Morgan fingerprint density at radius 3 is 3.20 bits per heavy atom. The summed E-state index contributed by atoms with van der Waals surface area (Å²) in [4.78, 5) is 15.0. The fraction of sp³-hybridized carbons (Fsp3) is 0.545. The number of thiophene rings is 1. The van der Waals surface area contributed by atoms with Crippen molar-refractivity contribution in [3.8, 4) is 0 Å². The van der Waals surface area contributed by atoms with Gasteiger partial charge >= 0.3 is 0 Å². The first-order chi connectivity index (χ1) is 7.29. The second-order valence-electron chi connectivity index (χ2n) is 3.87. The molecule has 2 heterocycles. The number of hydrogen-bond donors (Lipinski definition) is 1. The van der Waals surface area contributed by atoms with Crippen LogP contribution in [0.15, 0.2) is 17.5 Å². The van der Waals surface area contributed by atoms with E-state index in [-0.39, 0.29) is 5.91 Å². The Morgan fingerprint density at radius 1 is 1.73 bits per heavy atom. The van der Waals surface area contributed by atoms with Crippen molar-refractivity contribution in [3.63, 3.8) is 0 Å². The van der Waals surface area contributed by atoms with Crippen LogP contribution in [0.3, 0.4) is 0 Å². The maximum absolute atomic E-state index is 11.9. The Bertz CT molecular complexity index is 323. The second kappa shape index (κ2) is 4.77. The number of nitrogens with one attached hydrogen (secondary N) is 1. The van der Waals surface area contributed by atoms with E-state index < -0.39 is 0 Å². The van der Waals surface area contributed by atoms with Crippen LogP contribution in [-0.4, -0.2) is 37.0 Å². The van der Waals surface area contributed by atoms with Crippen molar-refractivity contribution in [2.45, 2.75) is 18.9 Å². The van der Waals surface area contributed by atoms with E-state index in [4.69, 9.17) is 0 Å². The topological polar surface area (TPSA) is 32.3 Å². The second-order valence-corrected chi connectivity index (χ2v) is 4.90. The van der Waals surface area contributed by atoms with E-state index in [1.807, 2.05) is 29.5 Å². The molecule has 0 radical (unpaired) electrons. The SMILES string of the molecule is CNC1CCN(C(=O)Cc2cccs2)C1. The van der Waals surface area contributed by atoms with Crippen molar-refractivity contribution < 1.29 is 4.79 Å². The lowest BCUT2D eigenvalue weighted by atomic mass is 10.3. The van der Waals surface area contributed by atoms with Crippen LogP contribution in [0.25, 0.3) is 0 Å². The van der Waals surface area contributed by atoms with Crippen LogP contribution in [0.5, 0.6) is 0 Å². The van der Waals surface area contributed by atoms with Gasteiger partial charge in [0.2, 0.25) is 5.91 Å². The van der Waals surface area contributed by atoms with E-state index in [0.717, 1.165) is 24.4 Å². The van der Waals surface area contributed by atoms with Gasteiger partial charge in [0.25, 0.3) is 0 Å². The van der Waals surface area contributed by atoms with Crippen LogP contribution in [-0.2, 0) is 11.2 Å². The molecule has 15 heavy (non-hydrogen) atoms. The van der Waals surface area contributed by atoms with Crippen molar-refractivity contribution >= 4 is 17.2 Å². The number of likely N-dealkylation sites (N-methyl/N-ethyl adjacent to an activating group) is 1. The smallest absolute Gasteiger partial charge is 0.227 e. The van der Waals surface area contributed by atoms with Crippen LogP contribution in [0.2, 0.25) is 0 Å². The monoisotopic (exact) mass is 224 g/mol. The lowest BCUT2D eigenvalue weighted by molar-refractivity contribution is -0.129. The predicted octanol–water partition coefficient (Wildman–Crippen LogP) is 1.11. The molecule has 1 aliphatic rings. The van der Waals surface area contributed by atoms with Crippen LogP contribution in [0.4, 0.5) is 0 Å². The molecule has 1 amide bonds. The minimum absolute atomic E-state index is 0.259. The lowest BCUT2D eigenvalue weighted by Crippen LogP contribution is -2.34. The first-order valence-corrected chi connectivity index (χ1v) is 6.15. The standard InChI is InChI=1S/C11H16N2OS/c1-12-9-4-5-13(8-9)11(14)7-10-3-2-6-15-10/h2-3,6,9,12H,4-5,7-8H2,1H3. The van der Waals surface area contributed by atoms with Crippen molar-refractivity contribution in [1.29, 1.82) is 0 Å². The average molecular weight is 224 g/mol. The van der Waals surface area contributed by atoms with Gasteiger partial charge in [-0.2, -0.15) is 0 Å². The lowest BCUT2D eigenvalue weighted by Gasteiger charge is -2.15. The highest BCUT2D eigenvalue weighted by molar-refractivity contribution is 7.10. The summed E-state index contributed by atoms with van der Waals surface area (Å²) >= 11 is 1.65. The predicted molar refractivity (Wildman–Crippen MR) is 62.1 cm³/mol. The Morgan fingerprint density at radius 2 is 2.60 bits per heavy atom. The normalized spacial score (nSPS) is 20.9. The highest BCUT2D eigenvalue weighted by Gasteiger charge is 2.24. The summed E-state index contributed by atoms with van der Waals surface area (Å²) < 4.78 is 0. The van der Waals surface area contributed by atoms with Crippen molar-refractivity contribution in [1.82, 2.24) is 10.2 Å². The maximum Gasteiger partial charge on any atom is 0.227 e. The van der Waals surface area contributed by atoms with E-state index in [2.05, 4.69) is 5.32 Å². The van der Waals surface area contributed by atoms with E-state index >= 15 is 0 Å². The fourth-order valence-electron chi connectivity index (χ4n) is 1.90. The number of hydrogen-bond acceptors (Lipinski definition) is 3. The minimum Gasteiger partial charge on any atom is -0.341 e. The molecule has 4 heteroatoms. The molecular weight excluding hydrogens is 208 g/mol. The van der Waals surface area contributed by atoms with Gasteiger partial charge in [-0.15, -0.1) is 11.3 Å². The molecule has 1 aromatic heterocycles. The molecule has 82 valence electrons. The molecule has 0 bridgehead atoms. The summed E-state index contributed by atoms with van der Waals surface area (Å²) in [7, 11) is 1.96. The van der Waals surface area contributed by atoms with Gasteiger partial charge in [-0.25, -0.2) is 0 Å². The maximum atomic E-state index is 11.9. The zero-order valence-electron chi connectivity index (χ0n) is 8.90. The molecule has 0 saturated carbocycles.